The normalized spacial score (nSPS) is 13.5. The number of carbonyl (C=O) groups excluding carboxylic acids is 5. The van der Waals surface area contributed by atoms with Gasteiger partial charge in [0.1, 0.15) is 0 Å². The Balaban J connectivity index is 0.000000115. The van der Waals surface area contributed by atoms with Crippen LogP contribution in [0.25, 0.3) is 25.4 Å². The summed E-state index contributed by atoms with van der Waals surface area (Å²) in [4.78, 5) is 72.0. The Morgan fingerprint density at radius 2 is 0.767 bits per heavy atom. The number of ether oxygens (including phenoxy) is 1. The van der Waals surface area contributed by atoms with Gasteiger partial charge in [-0.05, 0) is 6.92 Å². The van der Waals surface area contributed by atoms with E-state index in [1.54, 1.807) is 34.0 Å². The fourth-order valence-electron chi connectivity index (χ4n) is 13.4. The Hall–Kier alpha value is -6.65. The van der Waals surface area contributed by atoms with Gasteiger partial charge in [-0.25, -0.2) is 0 Å². The van der Waals surface area contributed by atoms with Crippen molar-refractivity contribution in [3.8, 4) is 0 Å². The molecule has 10 aromatic carbocycles. The molecule has 0 spiro atoms. The minimum absolute atomic E-state index is 0.0163. The molecule has 1 N–H and O–H groups in total. The van der Waals surface area contributed by atoms with E-state index in [2.05, 4.69) is 308 Å². The average Bonchev–Trinajstić information content (AvgIpc) is 1.42. The molecule has 23 heteroatoms. The number of hydrogen-bond donors (Lipinski definition) is 1. The van der Waals surface area contributed by atoms with Gasteiger partial charge < -0.3 is 5.11 Å². The van der Waals surface area contributed by atoms with E-state index in [0.717, 1.165) is 30.5 Å². The number of esters is 2. The van der Waals surface area contributed by atoms with Gasteiger partial charge in [0.25, 0.3) is 0 Å². The van der Waals surface area contributed by atoms with Crippen molar-refractivity contribution in [2.45, 2.75) is 27.2 Å². The van der Waals surface area contributed by atoms with Crippen molar-refractivity contribution in [2.24, 2.45) is 0 Å². The Morgan fingerprint density at radius 1 is 0.422 bits per heavy atom. The number of para-hydroxylation sites is 6. The number of aldehydes is 1. The molecule has 0 bridgehead atoms. The fraction of sp³-hybridized carbons (Fsp3) is 0.0645. The maximum absolute atomic E-state index is 13.2. The number of carbonyl (C=O) groups is 5. The first kappa shape index (κ1) is 83.0. The molecule has 0 saturated carbocycles. The number of Topliss-reactive ketones (excluding diaryl/α,β-unsaturated/α-hetero) is 2. The van der Waals surface area contributed by atoms with Crippen molar-refractivity contribution >= 4 is 331 Å². The number of nitrogens with zero attached hydrogens (tertiary/aromatic N) is 3. The number of rotatable bonds is 5. The molecule has 0 saturated heterocycles. The van der Waals surface area contributed by atoms with Crippen LogP contribution < -0.4 is 50.4 Å². The molecule has 1 aliphatic carbocycles. The predicted molar refractivity (Wildman–Crippen MR) is 498 cm³/mol. The van der Waals surface area contributed by atoms with Crippen molar-refractivity contribution in [1.29, 1.82) is 0 Å². The van der Waals surface area contributed by atoms with Crippen LogP contribution in [-0.2, 0) is 11.2 Å². The molecule has 11 heterocycles. The van der Waals surface area contributed by atoms with E-state index in [1.165, 1.54) is 96.7 Å². The van der Waals surface area contributed by atoms with Crippen LogP contribution in [0.1, 0.15) is 83.4 Å². The van der Waals surface area contributed by atoms with Crippen LogP contribution in [0.4, 0.5) is 47.8 Å². The molecule has 0 fully saturated rings. The van der Waals surface area contributed by atoms with Gasteiger partial charge in [0.05, 0.1) is 5.34 Å². The Kier molecular flexibility index (Phi) is 28.4. The summed E-state index contributed by atoms with van der Waals surface area (Å²) in [5.41, 5.74) is 12.9. The maximum atomic E-state index is 13.2. The van der Waals surface area contributed by atoms with Crippen LogP contribution >= 0.6 is 45.8 Å². The number of anilines is 9. The molecule has 10 nitrogen and oxygen atoms in total. The van der Waals surface area contributed by atoms with Crippen LogP contribution in [0.3, 0.4) is 0 Å². The van der Waals surface area contributed by atoms with E-state index in [-0.39, 0.29) is 96.5 Å². The average molecular weight is 2330 g/mol. The summed E-state index contributed by atoms with van der Waals surface area (Å²) in [6, 6.07) is 97.8. The molecule has 5 aliphatic heterocycles. The second-order valence-corrected chi connectivity index (χ2v) is 52.4. The van der Waals surface area contributed by atoms with Crippen LogP contribution in [0, 0.1) is 16.3 Å². The molecule has 6 aliphatic rings. The summed E-state index contributed by atoms with van der Waals surface area (Å²) in [6.07, 6.45) is 2.40. The number of alkyl halides is 2. The number of cyclic esters (lactones) is 2. The number of aliphatic hydroxyl groups excluding tert-OH is 1. The van der Waals surface area contributed by atoms with Crippen LogP contribution in [0.5, 0.6) is 0 Å². The van der Waals surface area contributed by atoms with E-state index < -0.39 is 18.2 Å². The molecule has 0 unspecified atom stereocenters. The number of hydrogen-bond acceptors (Lipinski definition) is 10. The molecule has 0 radical (unpaired) electrons. The molecule has 6 aromatic heterocycles. The number of aryl methyl sites for hydroxylation is 2. The molecule has 22 rings (SSSR count). The second-order valence-electron chi connectivity index (χ2n) is 25.8. The van der Waals surface area contributed by atoms with E-state index in [9.17, 15) is 24.0 Å². The Labute approximate surface area is 759 Å². The standard InChI is InChI=1S/C29H17NO2Se3.C17H11NOSe2.C16H11NSe2.C13H10Se.C11H6O3Se.C4H3ISe.C2H6O.CH2Cl2/c1-16-12-17-13-19-20(15-26(17)33-16)29(32)21(28(19)31)14-18-10-11-27(34-18)30-22-6-2-4-8-24(22)35-25-9-5-3-7-23(25)30;19-11-12-9-10-17(20-12)18-13-5-1-3-7-15(13)21-16-8-4-2-6-14(16)18;1-3-8-14-12(6-1)17(16-10-5-11-18-16)13-7-2-4-9-15(13)19-14;1-3-7-12-10(5-1)9-11-6-2-4-8-13(11)14-12;1-5-2-6-3-7-8(4-9(6)15-5)11(13)14-10(7)12;5-4-2-1-3-6-4;1-2-3;2-1-3/h2-15H,1H3;1-11H;1-11H;1-8H,9H2;2-4H,1H3;1-3H;3H,2H2,1H3;1H2/b21-14+;;;;;;;/i;11D;;;;;;. The van der Waals surface area contributed by atoms with Gasteiger partial charge in [0.2, 0.25) is 0 Å². The number of ketones is 2. The molecule has 0 atom stereocenters. The summed E-state index contributed by atoms with van der Waals surface area (Å²) >= 11 is 15.0. The number of halogens is 3. The monoisotopic (exact) mass is 2330 g/mol. The minimum atomic E-state index is -0.561. The topological polar surface area (TPSA) is 125 Å². The third-order valence-electron chi connectivity index (χ3n) is 18.3. The van der Waals surface area contributed by atoms with Gasteiger partial charge in [-0.2, -0.15) is 0 Å². The zero-order valence-electron chi connectivity index (χ0n) is 62.9. The van der Waals surface area contributed by atoms with Crippen molar-refractivity contribution in [1.82, 2.24) is 0 Å². The number of fused-ring (bicyclic) bond motifs is 12. The molecule has 0 amide bonds. The molecular weight excluding hydrogens is 2260 g/mol. The summed E-state index contributed by atoms with van der Waals surface area (Å²) in [7, 11) is 0. The van der Waals surface area contributed by atoms with Gasteiger partial charge in [0, 0.05) is 6.61 Å². The van der Waals surface area contributed by atoms with Gasteiger partial charge in [-0.15, -0.1) is 23.2 Å². The fourth-order valence-corrected chi connectivity index (χ4v) is 33.5. The van der Waals surface area contributed by atoms with Gasteiger partial charge >= 0.3 is 721 Å². The zero-order valence-corrected chi connectivity index (χ0v) is 82.7. The molecule has 576 valence electrons. The molecule has 116 heavy (non-hydrogen) atoms. The summed E-state index contributed by atoms with van der Waals surface area (Å²) in [5, 5.41) is 9.92. The van der Waals surface area contributed by atoms with E-state index >= 15 is 0 Å². The van der Waals surface area contributed by atoms with Gasteiger partial charge in [-0.1, -0.05) is 0 Å². The Bertz CT molecular complexity index is 6080. The van der Waals surface area contributed by atoms with Crippen molar-refractivity contribution in [3.63, 3.8) is 0 Å². The van der Waals surface area contributed by atoms with Gasteiger partial charge in [0.15, 0.2) is 0 Å². The van der Waals surface area contributed by atoms with Crippen LogP contribution in [0.2, 0.25) is 0 Å². The second kappa shape index (κ2) is 39.7. The predicted octanol–water partition coefficient (Wildman–Crippen LogP) is 13.9. The number of allylic oxidation sites excluding steroid dienone is 1. The first-order valence-corrected chi connectivity index (χ1v) is 55.7. The Morgan fingerprint density at radius 3 is 1.16 bits per heavy atom. The third-order valence-corrected chi connectivity index (χ3v) is 41.2. The van der Waals surface area contributed by atoms with Crippen molar-refractivity contribution < 1.29 is 35.2 Å². The van der Waals surface area contributed by atoms with Crippen molar-refractivity contribution in [3.05, 3.63) is 348 Å². The number of aliphatic hydroxyl groups is 1. The quantitative estimate of drug-likeness (QED) is 0.0260. The van der Waals surface area contributed by atoms with E-state index in [0.29, 0.717) is 106 Å². The van der Waals surface area contributed by atoms with Crippen LogP contribution in [0.15, 0.2) is 295 Å². The summed E-state index contributed by atoms with van der Waals surface area (Å²) < 4.78 is 35.4. The molecule has 16 aromatic rings. The van der Waals surface area contributed by atoms with Crippen molar-refractivity contribution in [2.75, 3.05) is 26.6 Å². The third kappa shape index (κ3) is 19.2. The van der Waals surface area contributed by atoms with E-state index in [4.69, 9.17) is 29.7 Å². The zero-order chi connectivity index (χ0) is 81.2. The first-order chi connectivity index (χ1) is 57.0. The first-order valence-electron chi connectivity index (χ1n) is 36.7. The molecular formula is C93H66Cl2IN3O7Se10. The summed E-state index contributed by atoms with van der Waals surface area (Å²) in [6.45, 7) is 6.10. The SMILES string of the molecule is CCO.Cc1cc2cc3c(cc2[se]1)C(=O)/C(=C/c1ccc(N2c4ccccc4[Se]c4ccccc42)[se]1)C3=O.Cc1cc2cc3c(cc2[se]1)C(=O)OC3=O.ClCCl.Ic1ccc[se]1.[2H]C(=O)c1ccc(N2c3ccccc3[Se]c3ccccc32)[se]1.c1c[se]c(N2c3ccccc3[Se]c3ccccc32)c1.c1ccc2c(c1)Cc1ccccc1[Se]2. The van der Waals surface area contributed by atoms with E-state index in [1.807, 2.05) is 24.3 Å². The number of benzene rings is 10. The van der Waals surface area contributed by atoms with Crippen LogP contribution in [-0.4, -0.2) is 194 Å². The van der Waals surface area contributed by atoms with Gasteiger partial charge in [-0.3, -0.25) is 0 Å². The summed E-state index contributed by atoms with van der Waals surface area (Å²) in [5.74, 6) is -1.31.